The molecule has 0 saturated heterocycles. The number of aromatic hydroxyl groups is 1. The Balaban J connectivity index is 3.09. The third kappa shape index (κ3) is 3.14. The maximum atomic E-state index is 11.1. The number of phenols is 1. The number of ether oxygens (including phenoxy) is 2. The van der Waals surface area contributed by atoms with Crippen molar-refractivity contribution in [2.24, 2.45) is 0 Å². The van der Waals surface area contributed by atoms with Gasteiger partial charge in [0, 0.05) is 13.1 Å². The largest absolute Gasteiger partial charge is 0.502 e. The molecule has 0 unspecified atom stereocenters. The molecule has 5 heteroatoms. The van der Waals surface area contributed by atoms with Crippen molar-refractivity contribution in [3.63, 3.8) is 0 Å². The minimum atomic E-state index is -0.212. The first-order valence-corrected chi connectivity index (χ1v) is 4.97. The molecule has 1 amide bonds. The standard InChI is InChI=1S/C12H15NO4/c1-13-11(14)5-4-8-6-9(16-2)12(15)10(7-8)17-3/h4-7,15H,1-3H3,(H,13,14)/b5-4+. The molecular weight excluding hydrogens is 222 g/mol. The van der Waals surface area contributed by atoms with E-state index in [1.54, 1.807) is 25.3 Å². The number of benzene rings is 1. The number of nitrogens with one attached hydrogen (secondary N) is 1. The summed E-state index contributed by atoms with van der Waals surface area (Å²) in [5.74, 6) is 0.310. The summed E-state index contributed by atoms with van der Waals surface area (Å²) in [7, 11) is 4.44. The predicted molar refractivity (Wildman–Crippen MR) is 64.3 cm³/mol. The van der Waals surface area contributed by atoms with E-state index in [2.05, 4.69) is 5.32 Å². The second kappa shape index (κ2) is 5.79. The van der Waals surface area contributed by atoms with Gasteiger partial charge in [-0.3, -0.25) is 4.79 Å². The minimum Gasteiger partial charge on any atom is -0.502 e. The van der Waals surface area contributed by atoms with E-state index in [1.807, 2.05) is 0 Å². The summed E-state index contributed by atoms with van der Waals surface area (Å²) in [4.78, 5) is 11.1. The van der Waals surface area contributed by atoms with Gasteiger partial charge in [0.2, 0.25) is 11.7 Å². The molecule has 0 spiro atoms. The Bertz CT molecular complexity index is 415. The smallest absolute Gasteiger partial charge is 0.243 e. The number of hydrogen-bond donors (Lipinski definition) is 2. The maximum absolute atomic E-state index is 11.1. The number of carbonyl (C=O) groups excluding carboxylic acids is 1. The number of methoxy groups -OCH3 is 2. The van der Waals surface area contributed by atoms with E-state index in [-0.39, 0.29) is 11.7 Å². The van der Waals surface area contributed by atoms with Crippen molar-refractivity contribution in [3.8, 4) is 17.2 Å². The molecular formula is C12H15NO4. The summed E-state index contributed by atoms with van der Waals surface area (Å²) >= 11 is 0. The molecule has 0 aromatic heterocycles. The molecule has 0 aliphatic rings. The lowest BCUT2D eigenvalue weighted by molar-refractivity contribution is -0.115. The van der Waals surface area contributed by atoms with E-state index in [4.69, 9.17) is 9.47 Å². The van der Waals surface area contributed by atoms with Crippen LogP contribution in [0.4, 0.5) is 0 Å². The van der Waals surface area contributed by atoms with Gasteiger partial charge in [-0.25, -0.2) is 0 Å². The summed E-state index contributed by atoms with van der Waals surface area (Å²) < 4.78 is 9.99. The van der Waals surface area contributed by atoms with Crippen LogP contribution in [0.3, 0.4) is 0 Å². The lowest BCUT2D eigenvalue weighted by Crippen LogP contribution is -2.13. The summed E-state index contributed by atoms with van der Waals surface area (Å²) in [5, 5.41) is 12.1. The zero-order valence-corrected chi connectivity index (χ0v) is 9.98. The molecule has 2 N–H and O–H groups in total. The average molecular weight is 237 g/mol. The van der Waals surface area contributed by atoms with E-state index in [9.17, 15) is 9.90 Å². The van der Waals surface area contributed by atoms with Crippen LogP contribution < -0.4 is 14.8 Å². The maximum Gasteiger partial charge on any atom is 0.243 e. The van der Waals surface area contributed by atoms with Gasteiger partial charge in [0.15, 0.2) is 11.5 Å². The van der Waals surface area contributed by atoms with Crippen molar-refractivity contribution < 1.29 is 19.4 Å². The number of carbonyl (C=O) groups is 1. The van der Waals surface area contributed by atoms with Gasteiger partial charge in [-0.05, 0) is 23.8 Å². The highest BCUT2D eigenvalue weighted by molar-refractivity contribution is 5.91. The summed E-state index contributed by atoms with van der Waals surface area (Å²) in [6.07, 6.45) is 2.98. The van der Waals surface area contributed by atoms with Gasteiger partial charge in [0.25, 0.3) is 0 Å². The fourth-order valence-corrected chi connectivity index (χ4v) is 1.27. The van der Waals surface area contributed by atoms with Crippen LogP contribution in [-0.4, -0.2) is 32.3 Å². The second-order valence-electron chi connectivity index (χ2n) is 3.22. The number of hydrogen-bond acceptors (Lipinski definition) is 4. The van der Waals surface area contributed by atoms with Crippen molar-refractivity contribution in [1.82, 2.24) is 5.32 Å². The Morgan fingerprint density at radius 3 is 2.24 bits per heavy atom. The Morgan fingerprint density at radius 2 is 1.82 bits per heavy atom. The van der Waals surface area contributed by atoms with Gasteiger partial charge in [-0.2, -0.15) is 0 Å². The highest BCUT2D eigenvalue weighted by Gasteiger charge is 2.09. The number of phenolic OH excluding ortho intramolecular Hbond substituents is 1. The van der Waals surface area contributed by atoms with Crippen LogP contribution >= 0.6 is 0 Å². The Morgan fingerprint density at radius 1 is 1.29 bits per heavy atom. The molecule has 1 aromatic carbocycles. The summed E-state index contributed by atoms with van der Waals surface area (Å²) in [6, 6.07) is 3.22. The molecule has 5 nitrogen and oxygen atoms in total. The van der Waals surface area contributed by atoms with Gasteiger partial charge in [0.1, 0.15) is 0 Å². The lowest BCUT2D eigenvalue weighted by atomic mass is 10.1. The molecule has 92 valence electrons. The van der Waals surface area contributed by atoms with Crippen LogP contribution in [-0.2, 0) is 4.79 Å². The van der Waals surface area contributed by atoms with Crippen molar-refractivity contribution in [2.45, 2.75) is 0 Å². The highest BCUT2D eigenvalue weighted by atomic mass is 16.5. The van der Waals surface area contributed by atoms with Crippen LogP contribution in [0.25, 0.3) is 6.08 Å². The molecule has 0 atom stereocenters. The zero-order valence-electron chi connectivity index (χ0n) is 9.98. The molecule has 0 aliphatic heterocycles. The van der Waals surface area contributed by atoms with E-state index < -0.39 is 0 Å². The molecule has 1 rings (SSSR count). The van der Waals surface area contributed by atoms with Crippen molar-refractivity contribution in [3.05, 3.63) is 23.8 Å². The van der Waals surface area contributed by atoms with Crippen LogP contribution in [0.2, 0.25) is 0 Å². The normalized spacial score (nSPS) is 10.3. The molecule has 17 heavy (non-hydrogen) atoms. The van der Waals surface area contributed by atoms with Gasteiger partial charge in [-0.15, -0.1) is 0 Å². The lowest BCUT2D eigenvalue weighted by Gasteiger charge is -2.09. The monoisotopic (exact) mass is 237 g/mol. The Kier molecular flexibility index (Phi) is 4.39. The molecule has 0 bridgehead atoms. The summed E-state index contributed by atoms with van der Waals surface area (Å²) in [6.45, 7) is 0. The number of likely N-dealkylation sites (N-methyl/N-ethyl adjacent to an activating group) is 1. The fourth-order valence-electron chi connectivity index (χ4n) is 1.27. The third-order valence-electron chi connectivity index (χ3n) is 2.18. The van der Waals surface area contributed by atoms with Gasteiger partial charge in [-0.1, -0.05) is 0 Å². The van der Waals surface area contributed by atoms with E-state index >= 15 is 0 Å². The SMILES string of the molecule is CNC(=O)/C=C/c1cc(OC)c(O)c(OC)c1. The topological polar surface area (TPSA) is 67.8 Å². The first-order valence-electron chi connectivity index (χ1n) is 4.97. The highest BCUT2D eigenvalue weighted by Crippen LogP contribution is 2.37. The van der Waals surface area contributed by atoms with Crippen LogP contribution in [0.1, 0.15) is 5.56 Å². The van der Waals surface area contributed by atoms with E-state index in [1.165, 1.54) is 20.3 Å². The van der Waals surface area contributed by atoms with Gasteiger partial charge >= 0.3 is 0 Å². The third-order valence-corrected chi connectivity index (χ3v) is 2.18. The Hall–Kier alpha value is -2.17. The second-order valence-corrected chi connectivity index (χ2v) is 3.22. The fraction of sp³-hybridized carbons (Fsp3) is 0.250. The van der Waals surface area contributed by atoms with Crippen LogP contribution in [0.5, 0.6) is 17.2 Å². The number of amides is 1. The van der Waals surface area contributed by atoms with E-state index in [0.717, 1.165) is 0 Å². The molecule has 1 aromatic rings. The van der Waals surface area contributed by atoms with Crippen molar-refractivity contribution in [2.75, 3.05) is 21.3 Å². The quantitative estimate of drug-likeness (QED) is 0.771. The van der Waals surface area contributed by atoms with Crippen LogP contribution in [0, 0.1) is 0 Å². The molecule has 0 aliphatic carbocycles. The molecule has 0 saturated carbocycles. The summed E-state index contributed by atoms with van der Waals surface area (Å²) in [5.41, 5.74) is 0.695. The first-order chi connectivity index (χ1) is 8.12. The first kappa shape index (κ1) is 12.9. The molecule has 0 radical (unpaired) electrons. The Labute approximate surface area is 99.7 Å². The predicted octanol–water partition coefficient (Wildman–Crippen LogP) is 1.17. The minimum absolute atomic E-state index is 0.0629. The number of rotatable bonds is 4. The molecule has 0 fully saturated rings. The molecule has 0 heterocycles. The van der Waals surface area contributed by atoms with Crippen LogP contribution in [0.15, 0.2) is 18.2 Å². The van der Waals surface area contributed by atoms with E-state index in [0.29, 0.717) is 17.1 Å². The average Bonchev–Trinajstić information content (AvgIpc) is 2.36. The zero-order chi connectivity index (χ0) is 12.8. The van der Waals surface area contributed by atoms with Crippen molar-refractivity contribution in [1.29, 1.82) is 0 Å². The van der Waals surface area contributed by atoms with Crippen molar-refractivity contribution >= 4 is 12.0 Å². The van der Waals surface area contributed by atoms with Gasteiger partial charge in [0.05, 0.1) is 14.2 Å². The van der Waals surface area contributed by atoms with Gasteiger partial charge < -0.3 is 19.9 Å².